The minimum atomic E-state index is -0.220. The number of fused-ring (bicyclic) bond motifs is 2. The molecule has 1 N–H and O–H groups in total. The lowest BCUT2D eigenvalue weighted by molar-refractivity contribution is -0.121. The summed E-state index contributed by atoms with van der Waals surface area (Å²) in [6.07, 6.45) is 4.77. The van der Waals surface area contributed by atoms with Gasteiger partial charge in [0.2, 0.25) is 5.91 Å². The Balaban J connectivity index is 1.49. The van der Waals surface area contributed by atoms with E-state index in [1.165, 1.54) is 22.9 Å². The molecule has 4 nitrogen and oxygen atoms in total. The molecule has 4 rings (SSSR count). The Labute approximate surface area is 157 Å². The van der Waals surface area contributed by atoms with Gasteiger partial charge in [-0.25, -0.2) is 9.97 Å². The monoisotopic (exact) mass is 363 g/mol. The number of benzene rings is 2. The molecule has 0 saturated carbocycles. The summed E-state index contributed by atoms with van der Waals surface area (Å²) in [4.78, 5) is 21.5. The van der Waals surface area contributed by atoms with Gasteiger partial charge in [0.25, 0.3) is 0 Å². The Morgan fingerprint density at radius 1 is 1.15 bits per heavy atom. The molecule has 0 radical (unpaired) electrons. The third kappa shape index (κ3) is 3.44. The number of rotatable bonds is 4. The summed E-state index contributed by atoms with van der Waals surface area (Å²) in [6.45, 7) is 1.94. The number of carbonyl (C=O) groups excluding carboxylic acids is 1. The van der Waals surface area contributed by atoms with Crippen LogP contribution in [0.4, 0.5) is 0 Å². The molecule has 26 heavy (non-hydrogen) atoms. The zero-order chi connectivity index (χ0) is 17.9. The Morgan fingerprint density at radius 3 is 2.88 bits per heavy atom. The van der Waals surface area contributed by atoms with Crippen molar-refractivity contribution in [3.63, 3.8) is 0 Å². The van der Waals surface area contributed by atoms with Crippen molar-refractivity contribution in [1.29, 1.82) is 0 Å². The van der Waals surface area contributed by atoms with E-state index in [1.54, 1.807) is 6.33 Å². The second kappa shape index (κ2) is 7.46. The van der Waals surface area contributed by atoms with Crippen molar-refractivity contribution in [2.75, 3.05) is 0 Å². The third-order valence-corrected chi connectivity index (χ3v) is 5.97. The number of hydrogen-bond donors (Lipinski definition) is 1. The summed E-state index contributed by atoms with van der Waals surface area (Å²) in [5.41, 5.74) is 3.52. The molecule has 0 fully saturated rings. The second-order valence-electron chi connectivity index (χ2n) is 6.61. The van der Waals surface area contributed by atoms with E-state index >= 15 is 0 Å². The first-order chi connectivity index (χ1) is 12.7. The van der Waals surface area contributed by atoms with E-state index in [9.17, 15) is 4.79 Å². The van der Waals surface area contributed by atoms with Crippen LogP contribution in [0.15, 0.2) is 59.9 Å². The Kier molecular flexibility index (Phi) is 4.89. The number of nitrogens with one attached hydrogen (secondary N) is 1. The molecular formula is C21H21N3OS. The lowest BCUT2D eigenvalue weighted by Gasteiger charge is -2.27. The molecule has 3 aromatic rings. The normalized spacial score (nSPS) is 17.5. The van der Waals surface area contributed by atoms with Crippen LogP contribution >= 0.6 is 11.8 Å². The largest absolute Gasteiger partial charge is 0.348 e. The molecule has 1 aromatic heterocycles. The van der Waals surface area contributed by atoms with Crippen molar-refractivity contribution < 1.29 is 4.79 Å². The molecule has 1 aliphatic carbocycles. The number of nitrogens with zero attached hydrogens (tertiary/aromatic N) is 2. The SMILES string of the molecule is C[C@H](Sc1ncnc2ccccc12)C(=O)N[C@@H]1CCCc2ccccc21. The van der Waals surface area contributed by atoms with E-state index < -0.39 is 0 Å². The zero-order valence-electron chi connectivity index (χ0n) is 14.7. The van der Waals surface area contributed by atoms with Crippen LogP contribution in [0.3, 0.4) is 0 Å². The molecule has 0 bridgehead atoms. The lowest BCUT2D eigenvalue weighted by Crippen LogP contribution is -2.35. The topological polar surface area (TPSA) is 54.9 Å². The highest BCUT2D eigenvalue weighted by atomic mass is 32.2. The van der Waals surface area contributed by atoms with Crippen molar-refractivity contribution in [3.8, 4) is 0 Å². The van der Waals surface area contributed by atoms with E-state index in [1.807, 2.05) is 31.2 Å². The molecule has 2 atom stereocenters. The van der Waals surface area contributed by atoms with Gasteiger partial charge in [0.1, 0.15) is 11.4 Å². The number of aryl methyl sites for hydroxylation is 1. The number of amides is 1. The lowest BCUT2D eigenvalue weighted by atomic mass is 9.88. The van der Waals surface area contributed by atoms with Crippen molar-refractivity contribution in [1.82, 2.24) is 15.3 Å². The van der Waals surface area contributed by atoms with Gasteiger partial charge in [-0.05, 0) is 43.4 Å². The molecule has 0 unspecified atom stereocenters. The molecule has 1 aliphatic rings. The van der Waals surface area contributed by atoms with Crippen LogP contribution in [-0.2, 0) is 11.2 Å². The van der Waals surface area contributed by atoms with Crippen LogP contribution in [0.1, 0.15) is 36.9 Å². The first-order valence-corrected chi connectivity index (χ1v) is 9.85. The molecule has 0 aliphatic heterocycles. The van der Waals surface area contributed by atoms with E-state index in [4.69, 9.17) is 0 Å². The fraction of sp³-hybridized carbons (Fsp3) is 0.286. The van der Waals surface area contributed by atoms with Gasteiger partial charge in [-0.2, -0.15) is 0 Å². The summed E-state index contributed by atoms with van der Waals surface area (Å²) in [5.74, 6) is 0.0550. The number of carbonyl (C=O) groups is 1. The highest BCUT2D eigenvalue weighted by Crippen LogP contribution is 2.31. The van der Waals surface area contributed by atoms with Crippen LogP contribution in [0, 0.1) is 0 Å². The summed E-state index contributed by atoms with van der Waals surface area (Å²) in [6, 6.07) is 16.4. The predicted molar refractivity (Wildman–Crippen MR) is 105 cm³/mol. The summed E-state index contributed by atoms with van der Waals surface area (Å²) in [5, 5.41) is 4.86. The molecule has 1 amide bonds. The maximum atomic E-state index is 12.8. The van der Waals surface area contributed by atoms with Crippen LogP contribution < -0.4 is 5.32 Å². The average molecular weight is 363 g/mol. The number of thioether (sulfide) groups is 1. The number of aromatic nitrogens is 2. The van der Waals surface area contributed by atoms with Crippen molar-refractivity contribution in [2.45, 2.75) is 42.5 Å². The van der Waals surface area contributed by atoms with E-state index in [0.29, 0.717) is 0 Å². The molecule has 0 saturated heterocycles. The molecule has 0 spiro atoms. The van der Waals surface area contributed by atoms with Crippen LogP contribution in [0.5, 0.6) is 0 Å². The molecule has 132 valence electrons. The van der Waals surface area contributed by atoms with Gasteiger partial charge in [0.05, 0.1) is 16.8 Å². The fourth-order valence-electron chi connectivity index (χ4n) is 3.49. The minimum Gasteiger partial charge on any atom is -0.348 e. The maximum absolute atomic E-state index is 12.8. The maximum Gasteiger partial charge on any atom is 0.233 e. The van der Waals surface area contributed by atoms with Gasteiger partial charge in [-0.1, -0.05) is 54.2 Å². The highest BCUT2D eigenvalue weighted by molar-refractivity contribution is 8.00. The standard InChI is InChI=1S/C21H21N3OS/c1-14(26-21-17-10-4-5-11-18(17)22-13-23-21)20(25)24-19-12-6-8-15-7-2-3-9-16(15)19/h2-5,7,9-11,13-14,19H,6,8,12H2,1H3,(H,24,25)/t14-,19+/m0/s1. The van der Waals surface area contributed by atoms with Gasteiger partial charge in [-0.15, -0.1) is 0 Å². The van der Waals surface area contributed by atoms with Crippen LogP contribution in [0.2, 0.25) is 0 Å². The number of hydrogen-bond acceptors (Lipinski definition) is 4. The Morgan fingerprint density at radius 2 is 1.96 bits per heavy atom. The molecule has 5 heteroatoms. The number of para-hydroxylation sites is 1. The van der Waals surface area contributed by atoms with Gasteiger partial charge in [0.15, 0.2) is 0 Å². The summed E-state index contributed by atoms with van der Waals surface area (Å²) in [7, 11) is 0. The first kappa shape index (κ1) is 17.0. The van der Waals surface area contributed by atoms with Crippen molar-refractivity contribution >= 4 is 28.6 Å². The minimum absolute atomic E-state index is 0.0550. The summed E-state index contributed by atoms with van der Waals surface area (Å²) >= 11 is 1.49. The average Bonchev–Trinajstić information content (AvgIpc) is 2.68. The van der Waals surface area contributed by atoms with E-state index in [0.717, 1.165) is 35.2 Å². The third-order valence-electron chi connectivity index (χ3n) is 4.85. The van der Waals surface area contributed by atoms with Crippen LogP contribution in [-0.4, -0.2) is 21.1 Å². The van der Waals surface area contributed by atoms with Gasteiger partial charge < -0.3 is 5.32 Å². The first-order valence-electron chi connectivity index (χ1n) is 8.97. The Bertz CT molecular complexity index is 938. The zero-order valence-corrected chi connectivity index (χ0v) is 15.5. The summed E-state index contributed by atoms with van der Waals surface area (Å²) < 4.78 is 0. The van der Waals surface area contributed by atoms with Crippen molar-refractivity contribution in [3.05, 3.63) is 66.0 Å². The molecule has 1 heterocycles. The smallest absolute Gasteiger partial charge is 0.233 e. The van der Waals surface area contributed by atoms with Gasteiger partial charge >= 0.3 is 0 Å². The quantitative estimate of drug-likeness (QED) is 0.554. The molecule has 2 aromatic carbocycles. The fourth-order valence-corrected chi connectivity index (χ4v) is 4.41. The molecular weight excluding hydrogens is 342 g/mol. The van der Waals surface area contributed by atoms with E-state index in [2.05, 4.69) is 39.6 Å². The predicted octanol–water partition coefficient (Wildman–Crippen LogP) is 4.30. The van der Waals surface area contributed by atoms with Gasteiger partial charge in [-0.3, -0.25) is 4.79 Å². The van der Waals surface area contributed by atoms with Crippen molar-refractivity contribution in [2.24, 2.45) is 0 Å². The van der Waals surface area contributed by atoms with Crippen LogP contribution in [0.25, 0.3) is 10.9 Å². The second-order valence-corrected chi connectivity index (χ2v) is 7.94. The Hall–Kier alpha value is -2.40. The van der Waals surface area contributed by atoms with Gasteiger partial charge in [0, 0.05) is 5.39 Å². The highest BCUT2D eigenvalue weighted by Gasteiger charge is 2.24. The van der Waals surface area contributed by atoms with E-state index in [-0.39, 0.29) is 17.2 Å².